The van der Waals surface area contributed by atoms with Crippen LogP contribution in [0.15, 0.2) is 37.0 Å². The molecule has 1 fully saturated rings. The molecule has 0 spiro atoms. The second kappa shape index (κ2) is 6.61. The second-order valence-corrected chi connectivity index (χ2v) is 6.51. The van der Waals surface area contributed by atoms with Crippen molar-refractivity contribution in [2.75, 3.05) is 23.7 Å². The van der Waals surface area contributed by atoms with E-state index >= 15 is 0 Å². The molecule has 0 saturated carbocycles. The number of nitrogens with zero attached hydrogens (tertiary/aromatic N) is 3. The van der Waals surface area contributed by atoms with Crippen LogP contribution >= 0.6 is 0 Å². The van der Waals surface area contributed by atoms with Gasteiger partial charge in [-0.15, -0.1) is 0 Å². The van der Waals surface area contributed by atoms with Crippen molar-refractivity contribution in [2.24, 2.45) is 0 Å². The Labute approximate surface area is 142 Å². The first-order chi connectivity index (χ1) is 11.8. The van der Waals surface area contributed by atoms with Crippen LogP contribution in [0.2, 0.25) is 0 Å². The minimum atomic E-state index is 0.127. The third kappa shape index (κ3) is 3.26. The highest BCUT2D eigenvalue weighted by atomic mass is 15.2. The zero-order valence-corrected chi connectivity index (χ0v) is 13.8. The van der Waals surface area contributed by atoms with Crippen molar-refractivity contribution in [1.29, 1.82) is 0 Å². The molecule has 124 valence electrons. The maximum Gasteiger partial charge on any atom is 0.127 e. The number of hydrogen-bond donors (Lipinski definition) is 2. The van der Waals surface area contributed by atoms with E-state index in [0.29, 0.717) is 0 Å². The molecule has 0 aliphatic carbocycles. The highest BCUT2D eigenvalue weighted by Crippen LogP contribution is 2.25. The molecule has 2 aromatic rings. The fourth-order valence-electron chi connectivity index (χ4n) is 3.47. The summed E-state index contributed by atoms with van der Waals surface area (Å²) in [6.07, 6.45) is 7.28. The molecule has 4 heterocycles. The van der Waals surface area contributed by atoms with Gasteiger partial charge in [0.25, 0.3) is 0 Å². The van der Waals surface area contributed by atoms with Crippen LogP contribution in [0.3, 0.4) is 0 Å². The lowest BCUT2D eigenvalue weighted by molar-refractivity contribution is 0.331. The van der Waals surface area contributed by atoms with Crippen molar-refractivity contribution >= 4 is 17.6 Å². The molecular weight excluding hydrogens is 298 g/mol. The van der Waals surface area contributed by atoms with Gasteiger partial charge in [-0.3, -0.25) is 9.88 Å². The number of fused-ring (bicyclic) bond motifs is 1. The highest BCUT2D eigenvalue weighted by Gasteiger charge is 2.22. The van der Waals surface area contributed by atoms with E-state index in [1.54, 1.807) is 6.08 Å². The van der Waals surface area contributed by atoms with Crippen molar-refractivity contribution in [3.8, 4) is 0 Å². The van der Waals surface area contributed by atoms with Gasteiger partial charge >= 0.3 is 0 Å². The van der Waals surface area contributed by atoms with Crippen molar-refractivity contribution in [3.05, 3.63) is 54.0 Å². The predicted octanol–water partition coefficient (Wildman–Crippen LogP) is 3.12. The largest absolute Gasteiger partial charge is 0.364 e. The van der Waals surface area contributed by atoms with Gasteiger partial charge in [0.2, 0.25) is 0 Å². The molecule has 0 aromatic carbocycles. The summed E-state index contributed by atoms with van der Waals surface area (Å²) in [4.78, 5) is 11.6. The van der Waals surface area contributed by atoms with Crippen molar-refractivity contribution in [2.45, 2.75) is 32.0 Å². The van der Waals surface area contributed by atoms with Gasteiger partial charge in [0.15, 0.2) is 0 Å². The molecule has 5 nitrogen and oxygen atoms in total. The quantitative estimate of drug-likeness (QED) is 0.886. The summed E-state index contributed by atoms with van der Waals surface area (Å²) in [6.45, 7) is 7.22. The maximum atomic E-state index is 4.60. The summed E-state index contributed by atoms with van der Waals surface area (Å²) in [5, 5.41) is 6.95. The molecule has 5 heteroatoms. The number of aromatic nitrogens is 2. The van der Waals surface area contributed by atoms with Crippen LogP contribution in [-0.4, -0.2) is 34.1 Å². The van der Waals surface area contributed by atoms with Crippen LogP contribution in [0, 0.1) is 0 Å². The van der Waals surface area contributed by atoms with Gasteiger partial charge in [-0.2, -0.15) is 0 Å². The van der Waals surface area contributed by atoms with Crippen LogP contribution in [0.5, 0.6) is 0 Å². The minimum Gasteiger partial charge on any atom is -0.364 e. The monoisotopic (exact) mass is 321 g/mol. The summed E-state index contributed by atoms with van der Waals surface area (Å²) in [7, 11) is 0. The van der Waals surface area contributed by atoms with E-state index < -0.39 is 0 Å². The Morgan fingerprint density at radius 1 is 1.29 bits per heavy atom. The molecule has 1 atom stereocenters. The number of rotatable bonds is 5. The number of likely N-dealkylation sites (tertiary alicyclic amines) is 1. The normalized spacial score (nSPS) is 19.8. The first-order valence-electron chi connectivity index (χ1n) is 8.63. The molecule has 0 radical (unpaired) electrons. The van der Waals surface area contributed by atoms with E-state index in [0.717, 1.165) is 35.9 Å². The van der Waals surface area contributed by atoms with E-state index in [4.69, 9.17) is 0 Å². The number of anilines is 2. The first-order valence-corrected chi connectivity index (χ1v) is 8.63. The Kier molecular flexibility index (Phi) is 4.17. The molecule has 2 aliphatic heterocycles. The summed E-state index contributed by atoms with van der Waals surface area (Å²) >= 11 is 0. The van der Waals surface area contributed by atoms with Gasteiger partial charge in [0.1, 0.15) is 12.0 Å². The fourth-order valence-corrected chi connectivity index (χ4v) is 3.47. The number of nitrogens with one attached hydrogen (secondary N) is 2. The van der Waals surface area contributed by atoms with Gasteiger partial charge in [0, 0.05) is 19.2 Å². The van der Waals surface area contributed by atoms with Crippen LogP contribution < -0.4 is 10.6 Å². The minimum absolute atomic E-state index is 0.127. The smallest absolute Gasteiger partial charge is 0.127 e. The number of pyridine rings is 2. The van der Waals surface area contributed by atoms with E-state index in [9.17, 15) is 0 Å². The Bertz CT molecular complexity index is 736. The molecule has 2 N–H and O–H groups in total. The zero-order valence-electron chi connectivity index (χ0n) is 13.8. The summed E-state index contributed by atoms with van der Waals surface area (Å²) in [6, 6.07) is 8.32. The summed E-state index contributed by atoms with van der Waals surface area (Å²) in [5.41, 5.74) is 4.41. The second-order valence-electron chi connectivity index (χ2n) is 6.51. The third-order valence-electron chi connectivity index (χ3n) is 4.68. The molecule has 1 unspecified atom stereocenters. The van der Waals surface area contributed by atoms with Crippen LogP contribution in [0.25, 0.3) is 6.08 Å². The average molecular weight is 321 g/mol. The standard InChI is InChI=1S/C19H23N5/c1-2-15-5-6-16-17(21-15)12-19(22-16)23-18-11-14(7-8-20-18)13-24-9-3-4-10-24/h2,5-8,11,19,22H,1,3-4,9-10,12-13H2,(H,20,23). The van der Waals surface area contributed by atoms with Gasteiger partial charge in [0.05, 0.1) is 17.1 Å². The van der Waals surface area contributed by atoms with Crippen LogP contribution in [-0.2, 0) is 13.0 Å². The van der Waals surface area contributed by atoms with E-state index in [1.165, 1.54) is 31.5 Å². The van der Waals surface area contributed by atoms with Crippen molar-refractivity contribution in [3.63, 3.8) is 0 Å². The SMILES string of the molecule is C=Cc1ccc2c(n1)CC(Nc1cc(CN3CCCC3)ccn1)N2. The average Bonchev–Trinajstić information content (AvgIpc) is 3.23. The first kappa shape index (κ1) is 15.1. The van der Waals surface area contributed by atoms with Gasteiger partial charge in [-0.05, 0) is 61.8 Å². The lowest BCUT2D eigenvalue weighted by atomic mass is 10.2. The van der Waals surface area contributed by atoms with E-state index in [-0.39, 0.29) is 6.17 Å². The van der Waals surface area contributed by atoms with Gasteiger partial charge < -0.3 is 10.6 Å². The van der Waals surface area contributed by atoms with Crippen LogP contribution in [0.1, 0.15) is 29.8 Å². The molecule has 2 aliphatic rings. The summed E-state index contributed by atoms with van der Waals surface area (Å²) < 4.78 is 0. The molecule has 2 aromatic heterocycles. The molecule has 0 amide bonds. The molecule has 1 saturated heterocycles. The van der Waals surface area contributed by atoms with E-state index in [1.807, 2.05) is 12.3 Å². The Balaban J connectivity index is 1.41. The molecule has 0 bridgehead atoms. The Morgan fingerprint density at radius 2 is 2.17 bits per heavy atom. The third-order valence-corrected chi connectivity index (χ3v) is 4.68. The topological polar surface area (TPSA) is 53.1 Å². The maximum absolute atomic E-state index is 4.60. The fraction of sp³-hybridized carbons (Fsp3) is 0.368. The van der Waals surface area contributed by atoms with Gasteiger partial charge in [-0.1, -0.05) is 6.58 Å². The van der Waals surface area contributed by atoms with E-state index in [2.05, 4.69) is 50.3 Å². The van der Waals surface area contributed by atoms with Crippen molar-refractivity contribution < 1.29 is 0 Å². The molecule has 24 heavy (non-hydrogen) atoms. The predicted molar refractivity (Wildman–Crippen MR) is 97.8 cm³/mol. The Morgan fingerprint density at radius 3 is 3.00 bits per heavy atom. The lowest BCUT2D eigenvalue weighted by Crippen LogP contribution is -2.26. The highest BCUT2D eigenvalue weighted by molar-refractivity contribution is 5.59. The van der Waals surface area contributed by atoms with Gasteiger partial charge in [-0.25, -0.2) is 4.98 Å². The number of hydrogen-bond acceptors (Lipinski definition) is 5. The zero-order chi connectivity index (χ0) is 16.4. The lowest BCUT2D eigenvalue weighted by Gasteiger charge is -2.17. The summed E-state index contributed by atoms with van der Waals surface area (Å²) in [5.74, 6) is 0.918. The van der Waals surface area contributed by atoms with Crippen LogP contribution in [0.4, 0.5) is 11.5 Å². The molecular formula is C19H23N5. The molecule has 4 rings (SSSR count). The Hall–Kier alpha value is -2.40. The van der Waals surface area contributed by atoms with Crippen molar-refractivity contribution in [1.82, 2.24) is 14.9 Å².